The fourth-order valence-corrected chi connectivity index (χ4v) is 2.58. The van der Waals surface area contributed by atoms with Gasteiger partial charge in [0.15, 0.2) is 0 Å². The Balaban J connectivity index is 1.53. The number of pyridine rings is 1. The number of rotatable bonds is 6. The summed E-state index contributed by atoms with van der Waals surface area (Å²) >= 11 is 0. The number of nitrogens with zero attached hydrogens (tertiary/aromatic N) is 1. The molecule has 1 aromatic heterocycles. The monoisotopic (exact) mass is 247 g/mol. The molecule has 100 valence electrons. The smallest absolute Gasteiger partial charge is 0.0526 e. The normalized spacial score (nSPS) is 17.3. The molecule has 1 saturated carbocycles. The summed E-state index contributed by atoms with van der Waals surface area (Å²) in [6.45, 7) is 2.14. The van der Waals surface area contributed by atoms with Crippen LogP contribution >= 0.6 is 0 Å². The standard InChI is InChI=1S/C15H25N3/c1-2-4-8-14(7-3-1)17-11-6-12-18-15-9-5-10-16-13-15/h5,9-10,13-14,17-18H,1-4,6-8,11-12H2. The fraction of sp³-hybridized carbons (Fsp3) is 0.667. The molecule has 3 heteroatoms. The maximum absolute atomic E-state index is 4.09. The van der Waals surface area contributed by atoms with Crippen LogP contribution in [-0.4, -0.2) is 24.1 Å². The number of nitrogens with one attached hydrogen (secondary N) is 2. The minimum atomic E-state index is 0.769. The summed E-state index contributed by atoms with van der Waals surface area (Å²) in [6.07, 6.45) is 13.3. The fourth-order valence-electron chi connectivity index (χ4n) is 2.58. The second kappa shape index (κ2) is 8.09. The molecule has 0 aromatic carbocycles. The minimum absolute atomic E-state index is 0.769. The van der Waals surface area contributed by atoms with Crippen molar-refractivity contribution in [1.29, 1.82) is 0 Å². The highest BCUT2D eigenvalue weighted by Crippen LogP contribution is 2.16. The summed E-state index contributed by atoms with van der Waals surface area (Å²) < 4.78 is 0. The van der Waals surface area contributed by atoms with Crippen LogP contribution < -0.4 is 10.6 Å². The van der Waals surface area contributed by atoms with Gasteiger partial charge in [0, 0.05) is 25.0 Å². The van der Waals surface area contributed by atoms with Crippen LogP contribution in [-0.2, 0) is 0 Å². The number of aromatic nitrogens is 1. The molecule has 0 spiro atoms. The zero-order valence-electron chi connectivity index (χ0n) is 11.2. The zero-order valence-corrected chi connectivity index (χ0v) is 11.2. The van der Waals surface area contributed by atoms with E-state index in [0.717, 1.165) is 24.8 Å². The second-order valence-electron chi connectivity index (χ2n) is 5.16. The highest BCUT2D eigenvalue weighted by atomic mass is 14.9. The van der Waals surface area contributed by atoms with E-state index in [2.05, 4.69) is 21.7 Å². The van der Waals surface area contributed by atoms with Gasteiger partial charge in [-0.3, -0.25) is 4.98 Å². The molecule has 1 aliphatic carbocycles. The molecule has 2 rings (SSSR count). The highest BCUT2D eigenvalue weighted by molar-refractivity contribution is 5.39. The average Bonchev–Trinajstić information content (AvgIpc) is 2.68. The highest BCUT2D eigenvalue weighted by Gasteiger charge is 2.10. The van der Waals surface area contributed by atoms with Crippen LogP contribution in [0.2, 0.25) is 0 Å². The molecule has 2 N–H and O–H groups in total. The third-order valence-electron chi connectivity index (χ3n) is 3.63. The average molecular weight is 247 g/mol. The van der Waals surface area contributed by atoms with Crippen LogP contribution in [0, 0.1) is 0 Å². The Kier molecular flexibility index (Phi) is 6.00. The topological polar surface area (TPSA) is 37.0 Å². The molecule has 1 aromatic rings. The van der Waals surface area contributed by atoms with Gasteiger partial charge < -0.3 is 10.6 Å². The Bertz CT molecular complexity index is 305. The molecule has 0 bridgehead atoms. The van der Waals surface area contributed by atoms with E-state index in [1.54, 1.807) is 6.20 Å². The molecule has 0 amide bonds. The molecular formula is C15H25N3. The molecule has 0 saturated heterocycles. The number of hydrogen-bond acceptors (Lipinski definition) is 3. The van der Waals surface area contributed by atoms with Gasteiger partial charge in [0.1, 0.15) is 0 Å². The molecule has 18 heavy (non-hydrogen) atoms. The van der Waals surface area contributed by atoms with Gasteiger partial charge >= 0.3 is 0 Å². The molecule has 1 fully saturated rings. The Morgan fingerprint density at radius 1 is 1.11 bits per heavy atom. The molecule has 1 heterocycles. The van der Waals surface area contributed by atoms with Crippen molar-refractivity contribution >= 4 is 5.69 Å². The van der Waals surface area contributed by atoms with Crippen molar-refractivity contribution in [3.8, 4) is 0 Å². The lowest BCUT2D eigenvalue weighted by Gasteiger charge is -2.16. The molecular weight excluding hydrogens is 222 g/mol. The second-order valence-corrected chi connectivity index (χ2v) is 5.16. The Morgan fingerprint density at radius 3 is 2.67 bits per heavy atom. The lowest BCUT2D eigenvalue weighted by molar-refractivity contribution is 0.458. The molecule has 0 radical (unpaired) electrons. The van der Waals surface area contributed by atoms with Crippen LogP contribution in [0.15, 0.2) is 24.5 Å². The zero-order chi connectivity index (χ0) is 12.5. The van der Waals surface area contributed by atoms with Gasteiger partial charge in [-0.1, -0.05) is 25.7 Å². The molecule has 0 atom stereocenters. The van der Waals surface area contributed by atoms with Crippen LogP contribution in [0.4, 0.5) is 5.69 Å². The molecule has 0 unspecified atom stereocenters. The minimum Gasteiger partial charge on any atom is -0.384 e. The summed E-state index contributed by atoms with van der Waals surface area (Å²) in [4.78, 5) is 4.09. The van der Waals surface area contributed by atoms with E-state index in [-0.39, 0.29) is 0 Å². The van der Waals surface area contributed by atoms with Gasteiger partial charge in [-0.2, -0.15) is 0 Å². The van der Waals surface area contributed by atoms with E-state index in [1.165, 1.54) is 44.9 Å². The molecule has 3 nitrogen and oxygen atoms in total. The lowest BCUT2D eigenvalue weighted by atomic mass is 10.1. The van der Waals surface area contributed by atoms with Crippen molar-refractivity contribution in [2.75, 3.05) is 18.4 Å². The Hall–Kier alpha value is -1.09. The van der Waals surface area contributed by atoms with E-state index in [4.69, 9.17) is 0 Å². The first-order valence-electron chi connectivity index (χ1n) is 7.32. The maximum Gasteiger partial charge on any atom is 0.0526 e. The van der Waals surface area contributed by atoms with Gasteiger partial charge in [0.05, 0.1) is 5.69 Å². The quantitative estimate of drug-likeness (QED) is 0.599. The first-order valence-corrected chi connectivity index (χ1v) is 7.32. The van der Waals surface area contributed by atoms with Crippen LogP contribution in [0.3, 0.4) is 0 Å². The summed E-state index contributed by atoms with van der Waals surface area (Å²) in [5, 5.41) is 7.08. The lowest BCUT2D eigenvalue weighted by Crippen LogP contribution is -2.30. The van der Waals surface area contributed by atoms with Crippen molar-refractivity contribution in [3.63, 3.8) is 0 Å². The first-order chi connectivity index (χ1) is 8.95. The van der Waals surface area contributed by atoms with Gasteiger partial charge in [-0.05, 0) is 37.9 Å². The predicted molar refractivity (Wildman–Crippen MR) is 76.8 cm³/mol. The van der Waals surface area contributed by atoms with Gasteiger partial charge in [-0.25, -0.2) is 0 Å². The van der Waals surface area contributed by atoms with Crippen molar-refractivity contribution in [3.05, 3.63) is 24.5 Å². The van der Waals surface area contributed by atoms with E-state index in [9.17, 15) is 0 Å². The van der Waals surface area contributed by atoms with Crippen molar-refractivity contribution in [2.24, 2.45) is 0 Å². The Labute approximate surface area is 110 Å². The number of hydrogen-bond donors (Lipinski definition) is 2. The van der Waals surface area contributed by atoms with Gasteiger partial charge in [0.2, 0.25) is 0 Å². The van der Waals surface area contributed by atoms with Crippen molar-refractivity contribution in [1.82, 2.24) is 10.3 Å². The maximum atomic E-state index is 4.09. The van der Waals surface area contributed by atoms with E-state index < -0.39 is 0 Å². The largest absolute Gasteiger partial charge is 0.384 e. The van der Waals surface area contributed by atoms with Crippen LogP contribution in [0.5, 0.6) is 0 Å². The summed E-state index contributed by atoms with van der Waals surface area (Å²) in [6, 6.07) is 4.79. The predicted octanol–water partition coefficient (Wildman–Crippen LogP) is 3.20. The summed E-state index contributed by atoms with van der Waals surface area (Å²) in [5.41, 5.74) is 1.12. The third-order valence-corrected chi connectivity index (χ3v) is 3.63. The SMILES string of the molecule is c1cncc(NCCCNC2CCCCCC2)c1. The van der Waals surface area contributed by atoms with Gasteiger partial charge in [-0.15, -0.1) is 0 Å². The van der Waals surface area contributed by atoms with Crippen LogP contribution in [0.1, 0.15) is 44.9 Å². The Morgan fingerprint density at radius 2 is 1.94 bits per heavy atom. The molecule has 1 aliphatic rings. The first kappa shape index (κ1) is 13.3. The van der Waals surface area contributed by atoms with Crippen molar-refractivity contribution in [2.45, 2.75) is 51.0 Å². The van der Waals surface area contributed by atoms with Gasteiger partial charge in [0.25, 0.3) is 0 Å². The molecule has 0 aliphatic heterocycles. The van der Waals surface area contributed by atoms with Crippen LogP contribution in [0.25, 0.3) is 0 Å². The van der Waals surface area contributed by atoms with E-state index in [1.807, 2.05) is 12.3 Å². The van der Waals surface area contributed by atoms with E-state index >= 15 is 0 Å². The van der Waals surface area contributed by atoms with E-state index in [0.29, 0.717) is 0 Å². The summed E-state index contributed by atoms with van der Waals surface area (Å²) in [5.74, 6) is 0. The van der Waals surface area contributed by atoms with Crippen molar-refractivity contribution < 1.29 is 0 Å². The summed E-state index contributed by atoms with van der Waals surface area (Å²) in [7, 11) is 0. The number of anilines is 1. The third kappa shape index (κ3) is 5.05.